The maximum absolute atomic E-state index is 12.8. The SMILES string of the molecule is CC(C)c1cc(C(=O)N2CCOC[C@@H]2CC(=O)c2ccccc2)n[nH]1. The Morgan fingerprint density at radius 1 is 1.32 bits per heavy atom. The molecular formula is C19H23N3O3. The average molecular weight is 341 g/mol. The van der Waals surface area contributed by atoms with Crippen LogP contribution in [0.2, 0.25) is 0 Å². The minimum Gasteiger partial charge on any atom is -0.377 e. The van der Waals surface area contributed by atoms with Crippen molar-refractivity contribution in [1.29, 1.82) is 0 Å². The van der Waals surface area contributed by atoms with E-state index < -0.39 is 0 Å². The minimum absolute atomic E-state index is 0.0128. The number of nitrogens with zero attached hydrogens (tertiary/aromatic N) is 2. The molecule has 1 fully saturated rings. The Kier molecular flexibility index (Phi) is 5.28. The summed E-state index contributed by atoms with van der Waals surface area (Å²) in [7, 11) is 0. The van der Waals surface area contributed by atoms with Gasteiger partial charge in [-0.3, -0.25) is 14.7 Å². The molecule has 0 unspecified atom stereocenters. The molecule has 25 heavy (non-hydrogen) atoms. The number of H-pyrrole nitrogens is 1. The highest BCUT2D eigenvalue weighted by molar-refractivity contribution is 5.97. The van der Waals surface area contributed by atoms with Gasteiger partial charge < -0.3 is 9.64 Å². The van der Waals surface area contributed by atoms with E-state index in [0.717, 1.165) is 5.69 Å². The van der Waals surface area contributed by atoms with Gasteiger partial charge >= 0.3 is 0 Å². The van der Waals surface area contributed by atoms with Crippen LogP contribution in [0.5, 0.6) is 0 Å². The molecule has 2 heterocycles. The number of ketones is 1. The molecule has 0 aliphatic carbocycles. The van der Waals surface area contributed by atoms with E-state index in [2.05, 4.69) is 10.2 Å². The first kappa shape index (κ1) is 17.4. The van der Waals surface area contributed by atoms with Gasteiger partial charge in [0.15, 0.2) is 5.78 Å². The molecule has 0 bridgehead atoms. The number of benzene rings is 1. The van der Waals surface area contributed by atoms with Crippen LogP contribution in [0.1, 0.15) is 52.7 Å². The molecule has 6 nitrogen and oxygen atoms in total. The lowest BCUT2D eigenvalue weighted by Gasteiger charge is -2.34. The first-order valence-corrected chi connectivity index (χ1v) is 8.58. The molecule has 3 rings (SSSR count). The van der Waals surface area contributed by atoms with Gasteiger partial charge in [-0.1, -0.05) is 44.2 Å². The molecule has 1 aromatic carbocycles. The second-order valence-electron chi connectivity index (χ2n) is 6.58. The van der Waals surface area contributed by atoms with Gasteiger partial charge in [0.2, 0.25) is 0 Å². The molecule has 132 valence electrons. The molecule has 1 amide bonds. The number of rotatable bonds is 5. The van der Waals surface area contributed by atoms with Crippen molar-refractivity contribution < 1.29 is 14.3 Å². The maximum atomic E-state index is 12.8. The maximum Gasteiger partial charge on any atom is 0.274 e. The molecular weight excluding hydrogens is 318 g/mol. The lowest BCUT2D eigenvalue weighted by Crippen LogP contribution is -2.49. The average Bonchev–Trinajstić information content (AvgIpc) is 3.13. The van der Waals surface area contributed by atoms with Crippen LogP contribution in [0, 0.1) is 0 Å². The number of carbonyl (C=O) groups excluding carboxylic acids is 2. The Morgan fingerprint density at radius 2 is 2.08 bits per heavy atom. The number of hydrogen-bond donors (Lipinski definition) is 1. The molecule has 1 aliphatic rings. The Morgan fingerprint density at radius 3 is 2.76 bits per heavy atom. The van der Waals surface area contributed by atoms with Crippen LogP contribution in [0.25, 0.3) is 0 Å². The third-order valence-electron chi connectivity index (χ3n) is 4.44. The van der Waals surface area contributed by atoms with Crippen LogP contribution >= 0.6 is 0 Å². The van der Waals surface area contributed by atoms with Crippen molar-refractivity contribution in [2.75, 3.05) is 19.8 Å². The minimum atomic E-state index is -0.270. The highest BCUT2D eigenvalue weighted by Gasteiger charge is 2.31. The predicted molar refractivity (Wildman–Crippen MR) is 93.7 cm³/mol. The lowest BCUT2D eigenvalue weighted by molar-refractivity contribution is -0.00311. The quantitative estimate of drug-likeness (QED) is 0.849. The van der Waals surface area contributed by atoms with E-state index in [0.29, 0.717) is 31.0 Å². The number of aromatic nitrogens is 2. The van der Waals surface area contributed by atoms with E-state index in [1.54, 1.807) is 23.1 Å². The molecule has 0 spiro atoms. The number of amides is 1. The van der Waals surface area contributed by atoms with Crippen LogP contribution in [-0.2, 0) is 4.74 Å². The zero-order valence-electron chi connectivity index (χ0n) is 14.6. The topological polar surface area (TPSA) is 75.3 Å². The van der Waals surface area contributed by atoms with E-state index >= 15 is 0 Å². The van der Waals surface area contributed by atoms with Crippen molar-refractivity contribution >= 4 is 11.7 Å². The summed E-state index contributed by atoms with van der Waals surface area (Å²) >= 11 is 0. The Hall–Kier alpha value is -2.47. The molecule has 0 radical (unpaired) electrons. The van der Waals surface area contributed by atoms with Gasteiger partial charge in [-0.25, -0.2) is 0 Å². The van der Waals surface area contributed by atoms with E-state index in [-0.39, 0.29) is 30.1 Å². The molecule has 1 saturated heterocycles. The predicted octanol–water partition coefficient (Wildman–Crippen LogP) is 2.65. The molecule has 1 aliphatic heterocycles. The van der Waals surface area contributed by atoms with Gasteiger partial charge in [0.25, 0.3) is 5.91 Å². The van der Waals surface area contributed by atoms with E-state index in [1.165, 1.54) is 0 Å². The van der Waals surface area contributed by atoms with Crippen molar-refractivity contribution in [2.45, 2.75) is 32.2 Å². The third kappa shape index (κ3) is 3.96. The van der Waals surface area contributed by atoms with Crippen LogP contribution in [0.15, 0.2) is 36.4 Å². The number of hydrogen-bond acceptors (Lipinski definition) is 4. The standard InChI is InChI=1S/C19H23N3O3/c1-13(2)16-11-17(21-20-16)19(24)22-8-9-25-12-15(22)10-18(23)14-6-4-3-5-7-14/h3-7,11,13,15H,8-10,12H2,1-2H3,(H,20,21)/t15-/m0/s1. The Labute approximate surface area is 147 Å². The van der Waals surface area contributed by atoms with Gasteiger partial charge in [0.05, 0.1) is 19.3 Å². The fraction of sp³-hybridized carbons (Fsp3) is 0.421. The normalized spacial score (nSPS) is 17.7. The first-order valence-electron chi connectivity index (χ1n) is 8.58. The monoisotopic (exact) mass is 341 g/mol. The van der Waals surface area contributed by atoms with Crippen LogP contribution in [-0.4, -0.2) is 52.6 Å². The molecule has 0 saturated carbocycles. The Bertz CT molecular complexity index is 739. The molecule has 6 heteroatoms. The summed E-state index contributed by atoms with van der Waals surface area (Å²) in [4.78, 5) is 27.0. The zero-order valence-corrected chi connectivity index (χ0v) is 14.6. The number of aromatic amines is 1. The number of Topliss-reactive ketones (excluding diaryl/α,β-unsaturated/α-hetero) is 1. The summed E-state index contributed by atoms with van der Waals surface area (Å²) in [5, 5.41) is 7.05. The van der Waals surface area contributed by atoms with Gasteiger partial charge in [0, 0.05) is 24.2 Å². The van der Waals surface area contributed by atoms with Crippen LogP contribution < -0.4 is 0 Å². The van der Waals surface area contributed by atoms with Crippen molar-refractivity contribution in [1.82, 2.24) is 15.1 Å². The van der Waals surface area contributed by atoms with Crippen LogP contribution in [0.3, 0.4) is 0 Å². The molecule has 1 atom stereocenters. The summed E-state index contributed by atoms with van der Waals surface area (Å²) in [6, 6.07) is 10.7. The summed E-state index contributed by atoms with van der Waals surface area (Å²) in [5.41, 5.74) is 1.97. The molecule has 1 aromatic heterocycles. The van der Waals surface area contributed by atoms with Gasteiger partial charge in [-0.15, -0.1) is 0 Å². The van der Waals surface area contributed by atoms with E-state index in [4.69, 9.17) is 4.74 Å². The van der Waals surface area contributed by atoms with Crippen molar-refractivity contribution in [3.63, 3.8) is 0 Å². The number of ether oxygens (including phenoxy) is 1. The zero-order chi connectivity index (χ0) is 17.8. The van der Waals surface area contributed by atoms with Gasteiger partial charge in [0.1, 0.15) is 5.69 Å². The number of nitrogens with one attached hydrogen (secondary N) is 1. The number of carbonyl (C=O) groups is 2. The number of morpholine rings is 1. The highest BCUT2D eigenvalue weighted by Crippen LogP contribution is 2.19. The summed E-state index contributed by atoms with van der Waals surface area (Å²) in [6.07, 6.45) is 0.247. The highest BCUT2D eigenvalue weighted by atomic mass is 16.5. The third-order valence-corrected chi connectivity index (χ3v) is 4.44. The van der Waals surface area contributed by atoms with Crippen molar-refractivity contribution in [3.8, 4) is 0 Å². The van der Waals surface area contributed by atoms with E-state index in [1.807, 2.05) is 32.0 Å². The largest absolute Gasteiger partial charge is 0.377 e. The fourth-order valence-electron chi connectivity index (χ4n) is 2.94. The first-order chi connectivity index (χ1) is 12.1. The summed E-state index contributed by atoms with van der Waals surface area (Å²) in [6.45, 7) is 5.39. The summed E-state index contributed by atoms with van der Waals surface area (Å²) < 4.78 is 5.50. The fourth-order valence-corrected chi connectivity index (χ4v) is 2.94. The molecule has 2 aromatic rings. The van der Waals surface area contributed by atoms with Gasteiger partial charge in [-0.2, -0.15) is 5.10 Å². The summed E-state index contributed by atoms with van der Waals surface area (Å²) in [5.74, 6) is 0.130. The van der Waals surface area contributed by atoms with E-state index in [9.17, 15) is 9.59 Å². The van der Waals surface area contributed by atoms with Crippen molar-refractivity contribution in [2.24, 2.45) is 0 Å². The second kappa shape index (κ2) is 7.61. The molecule has 1 N–H and O–H groups in total. The smallest absolute Gasteiger partial charge is 0.274 e. The Balaban J connectivity index is 1.74. The second-order valence-corrected chi connectivity index (χ2v) is 6.58. The lowest BCUT2D eigenvalue weighted by atomic mass is 10.0. The van der Waals surface area contributed by atoms with Crippen molar-refractivity contribution in [3.05, 3.63) is 53.3 Å². The van der Waals surface area contributed by atoms with Gasteiger partial charge in [-0.05, 0) is 12.0 Å². The van der Waals surface area contributed by atoms with Crippen LogP contribution in [0.4, 0.5) is 0 Å².